The average molecular weight is 428 g/mol. The van der Waals surface area contributed by atoms with Gasteiger partial charge in [0.15, 0.2) is 0 Å². The number of alkyl halides is 3. The number of nitrogens with zero attached hydrogens (tertiary/aromatic N) is 2. The van der Waals surface area contributed by atoms with Crippen LogP contribution in [0.5, 0.6) is 0 Å². The highest BCUT2D eigenvalue weighted by Gasteiger charge is 2.33. The number of sulfonamides is 1. The molecule has 0 atom stereocenters. The van der Waals surface area contributed by atoms with Crippen LogP contribution in [0.4, 0.5) is 13.2 Å². The van der Waals surface area contributed by atoms with Crippen molar-refractivity contribution in [2.24, 2.45) is 5.92 Å². The van der Waals surface area contributed by atoms with E-state index in [2.05, 4.69) is 4.98 Å². The Morgan fingerprint density at radius 2 is 1.90 bits per heavy atom. The summed E-state index contributed by atoms with van der Waals surface area (Å²) < 4.78 is 69.8. The lowest BCUT2D eigenvalue weighted by Gasteiger charge is -2.30. The van der Waals surface area contributed by atoms with E-state index in [0.29, 0.717) is 0 Å². The molecule has 1 aromatic heterocycles. The largest absolute Gasteiger partial charge is 0.461 e. The summed E-state index contributed by atoms with van der Waals surface area (Å²) in [5, 5.41) is 0. The van der Waals surface area contributed by atoms with Crippen LogP contribution in [0.25, 0.3) is 0 Å². The van der Waals surface area contributed by atoms with Crippen molar-refractivity contribution < 1.29 is 31.1 Å². The van der Waals surface area contributed by atoms with Gasteiger partial charge < -0.3 is 4.74 Å². The Labute approximate surface area is 166 Å². The van der Waals surface area contributed by atoms with Crippen LogP contribution in [0.1, 0.15) is 24.0 Å². The van der Waals surface area contributed by atoms with E-state index < -0.39 is 33.7 Å². The lowest BCUT2D eigenvalue weighted by Crippen LogP contribution is -2.40. The van der Waals surface area contributed by atoms with Gasteiger partial charge >= 0.3 is 12.1 Å². The van der Waals surface area contributed by atoms with Gasteiger partial charge in [0.2, 0.25) is 10.0 Å². The van der Waals surface area contributed by atoms with E-state index in [1.54, 1.807) is 0 Å². The van der Waals surface area contributed by atoms with Crippen LogP contribution < -0.4 is 0 Å². The summed E-state index contributed by atoms with van der Waals surface area (Å²) in [5.74, 6) is -1.04. The Morgan fingerprint density at radius 3 is 2.52 bits per heavy atom. The van der Waals surface area contributed by atoms with E-state index in [0.717, 1.165) is 12.1 Å². The summed E-state index contributed by atoms with van der Waals surface area (Å²) in [7, 11) is -3.67. The zero-order chi connectivity index (χ0) is 21.1. The quantitative estimate of drug-likeness (QED) is 0.684. The predicted octanol–water partition coefficient (Wildman–Crippen LogP) is 3.24. The molecule has 1 saturated heterocycles. The van der Waals surface area contributed by atoms with Gasteiger partial charge in [-0.15, -0.1) is 0 Å². The summed E-state index contributed by atoms with van der Waals surface area (Å²) in [6.07, 6.45) is -1.16. The Kier molecular flexibility index (Phi) is 6.23. The number of aromatic nitrogens is 1. The third-order valence-electron chi connectivity index (χ3n) is 4.69. The van der Waals surface area contributed by atoms with Crippen LogP contribution in [-0.4, -0.2) is 36.8 Å². The van der Waals surface area contributed by atoms with Crippen LogP contribution >= 0.6 is 0 Å². The fourth-order valence-corrected chi connectivity index (χ4v) is 4.52. The first-order valence-corrected chi connectivity index (χ1v) is 10.3. The first-order chi connectivity index (χ1) is 13.7. The standard InChI is InChI=1S/C19H19F3N2O4S/c20-19(21,22)16-4-1-3-14(11-16)13-28-18(25)15-6-9-24(10-7-15)29(26,27)17-5-2-8-23-12-17/h1-5,8,11-12,15H,6-7,9-10,13H2. The molecule has 0 saturated carbocycles. The normalized spacial score (nSPS) is 16.5. The smallest absolute Gasteiger partial charge is 0.416 e. The number of pyridine rings is 1. The van der Waals surface area contributed by atoms with Crippen LogP contribution in [0.2, 0.25) is 0 Å². The summed E-state index contributed by atoms with van der Waals surface area (Å²) in [6.45, 7) is 0.0397. The van der Waals surface area contributed by atoms with E-state index in [1.165, 1.54) is 41.0 Å². The van der Waals surface area contributed by atoms with Crippen molar-refractivity contribution in [3.05, 3.63) is 59.9 Å². The maximum Gasteiger partial charge on any atom is 0.416 e. The maximum atomic E-state index is 12.7. The number of hydrogen-bond donors (Lipinski definition) is 0. The van der Waals surface area contributed by atoms with Crippen LogP contribution in [0.3, 0.4) is 0 Å². The Morgan fingerprint density at radius 1 is 1.17 bits per heavy atom. The Hall–Kier alpha value is -2.46. The molecule has 0 bridgehead atoms. The van der Waals surface area contributed by atoms with E-state index in [-0.39, 0.29) is 43.0 Å². The van der Waals surface area contributed by atoms with Crippen LogP contribution in [0.15, 0.2) is 53.7 Å². The molecule has 10 heteroatoms. The van der Waals surface area contributed by atoms with E-state index in [9.17, 15) is 26.4 Å². The minimum Gasteiger partial charge on any atom is -0.461 e. The van der Waals surface area contributed by atoms with Crippen molar-refractivity contribution in [3.8, 4) is 0 Å². The molecular formula is C19H19F3N2O4S. The number of benzene rings is 1. The molecule has 0 aliphatic carbocycles. The first-order valence-electron chi connectivity index (χ1n) is 8.91. The van der Waals surface area contributed by atoms with Crippen molar-refractivity contribution in [1.29, 1.82) is 0 Å². The van der Waals surface area contributed by atoms with Crippen molar-refractivity contribution in [3.63, 3.8) is 0 Å². The summed E-state index contributed by atoms with van der Waals surface area (Å²) >= 11 is 0. The molecule has 1 aliphatic rings. The highest BCUT2D eigenvalue weighted by molar-refractivity contribution is 7.89. The first kappa shape index (κ1) is 21.3. The fourth-order valence-electron chi connectivity index (χ4n) is 3.09. The molecule has 0 amide bonds. The summed E-state index contributed by atoms with van der Waals surface area (Å²) in [4.78, 5) is 16.2. The third-order valence-corrected chi connectivity index (χ3v) is 6.58. The van der Waals surface area contributed by atoms with Crippen molar-refractivity contribution in [2.45, 2.75) is 30.5 Å². The van der Waals surface area contributed by atoms with Gasteiger partial charge in [-0.3, -0.25) is 9.78 Å². The maximum absolute atomic E-state index is 12.7. The number of carbonyl (C=O) groups is 1. The molecule has 2 aromatic rings. The Bertz CT molecular complexity index is 957. The number of hydrogen-bond acceptors (Lipinski definition) is 5. The third kappa shape index (κ3) is 5.13. The minimum absolute atomic E-state index is 0.0885. The van der Waals surface area contributed by atoms with E-state index in [1.807, 2.05) is 0 Å². The van der Waals surface area contributed by atoms with Gasteiger partial charge in [-0.1, -0.05) is 12.1 Å². The van der Waals surface area contributed by atoms with Gasteiger partial charge in [-0.2, -0.15) is 17.5 Å². The highest BCUT2D eigenvalue weighted by Crippen LogP contribution is 2.30. The molecule has 1 aliphatic heterocycles. The number of esters is 1. The van der Waals surface area contributed by atoms with Gasteiger partial charge in [0.25, 0.3) is 0 Å². The van der Waals surface area contributed by atoms with Gasteiger partial charge in [0.05, 0.1) is 11.5 Å². The monoisotopic (exact) mass is 428 g/mol. The lowest BCUT2D eigenvalue weighted by atomic mass is 9.98. The highest BCUT2D eigenvalue weighted by atomic mass is 32.2. The van der Waals surface area contributed by atoms with E-state index >= 15 is 0 Å². The number of piperidine rings is 1. The molecule has 0 radical (unpaired) electrons. The number of halogens is 3. The molecule has 0 spiro atoms. The molecule has 0 unspecified atom stereocenters. The predicted molar refractivity (Wildman–Crippen MR) is 97.0 cm³/mol. The molecule has 156 valence electrons. The molecular weight excluding hydrogens is 409 g/mol. The van der Waals surface area contributed by atoms with Crippen LogP contribution in [0, 0.1) is 5.92 Å². The van der Waals surface area contributed by atoms with E-state index in [4.69, 9.17) is 4.74 Å². The Balaban J connectivity index is 1.54. The van der Waals surface area contributed by atoms with Gasteiger partial charge in [-0.05, 0) is 42.7 Å². The molecule has 6 nitrogen and oxygen atoms in total. The second-order valence-corrected chi connectivity index (χ2v) is 8.61. The number of ether oxygens (including phenoxy) is 1. The minimum atomic E-state index is -4.47. The van der Waals surface area contributed by atoms with Gasteiger partial charge in [0.1, 0.15) is 11.5 Å². The molecule has 1 aromatic carbocycles. The van der Waals surface area contributed by atoms with Crippen molar-refractivity contribution >= 4 is 16.0 Å². The second kappa shape index (κ2) is 8.50. The molecule has 29 heavy (non-hydrogen) atoms. The lowest BCUT2D eigenvalue weighted by molar-refractivity contribution is -0.151. The average Bonchev–Trinajstić information content (AvgIpc) is 2.72. The van der Waals surface area contributed by atoms with Crippen LogP contribution in [-0.2, 0) is 32.3 Å². The SMILES string of the molecule is O=C(OCc1cccc(C(F)(F)F)c1)C1CCN(S(=O)(=O)c2cccnc2)CC1. The van der Waals surface area contributed by atoms with Crippen molar-refractivity contribution in [2.75, 3.05) is 13.1 Å². The molecule has 3 rings (SSSR count). The topological polar surface area (TPSA) is 76.6 Å². The van der Waals surface area contributed by atoms with Crippen molar-refractivity contribution in [1.82, 2.24) is 9.29 Å². The fraction of sp³-hybridized carbons (Fsp3) is 0.368. The number of carbonyl (C=O) groups excluding carboxylic acids is 1. The summed E-state index contributed by atoms with van der Waals surface area (Å²) in [6, 6.07) is 7.59. The molecule has 2 heterocycles. The zero-order valence-corrected chi connectivity index (χ0v) is 16.1. The second-order valence-electron chi connectivity index (χ2n) is 6.67. The zero-order valence-electron chi connectivity index (χ0n) is 15.3. The molecule has 0 N–H and O–H groups in total. The molecule has 1 fully saturated rings. The number of rotatable bonds is 5. The summed E-state index contributed by atoms with van der Waals surface area (Å²) in [5.41, 5.74) is -0.565. The van der Waals surface area contributed by atoms with Gasteiger partial charge in [0, 0.05) is 25.5 Å². The van der Waals surface area contributed by atoms with Gasteiger partial charge in [-0.25, -0.2) is 8.42 Å².